The Labute approximate surface area is 183 Å². The van der Waals surface area contributed by atoms with E-state index >= 15 is 0 Å². The fourth-order valence-corrected chi connectivity index (χ4v) is 4.16. The maximum atomic E-state index is 10.4. The normalized spacial score (nSPS) is 12.3. The zero-order valence-electron chi connectivity index (χ0n) is 20.2. The molecule has 29 heavy (non-hydrogen) atoms. The summed E-state index contributed by atoms with van der Waals surface area (Å²) in [6.45, 7) is 4.70. The van der Waals surface area contributed by atoms with Gasteiger partial charge in [-0.2, -0.15) is 0 Å². The second-order valence-corrected chi connectivity index (χ2v) is 9.52. The van der Waals surface area contributed by atoms with E-state index in [4.69, 9.17) is 5.11 Å². The Hall–Kier alpha value is -0.530. The predicted molar refractivity (Wildman–Crippen MR) is 129 cm³/mol. The molecule has 0 amide bonds. The van der Waals surface area contributed by atoms with Crippen LogP contribution in [0.4, 0.5) is 0 Å². The molecule has 1 atom stereocenters. The van der Waals surface area contributed by atoms with Crippen molar-refractivity contribution in [3.63, 3.8) is 0 Å². The Bertz CT molecular complexity index is 326. The van der Waals surface area contributed by atoms with Gasteiger partial charge in [-0.25, -0.2) is 0 Å². The molecule has 2 nitrogen and oxygen atoms in total. The van der Waals surface area contributed by atoms with Gasteiger partial charge in [-0.1, -0.05) is 149 Å². The van der Waals surface area contributed by atoms with Crippen LogP contribution in [-0.4, -0.2) is 11.1 Å². The molecule has 0 fully saturated rings. The van der Waals surface area contributed by atoms with Gasteiger partial charge in [0.25, 0.3) is 0 Å². The summed E-state index contributed by atoms with van der Waals surface area (Å²) < 4.78 is 0. The van der Waals surface area contributed by atoms with Gasteiger partial charge in [-0.3, -0.25) is 4.79 Å². The topological polar surface area (TPSA) is 37.3 Å². The number of unbranched alkanes of at least 4 members (excludes halogenated alkanes) is 19. The molecule has 0 saturated heterocycles. The Balaban J connectivity index is 3.02. The highest BCUT2D eigenvalue weighted by molar-refractivity contribution is 5.66. The van der Waals surface area contributed by atoms with E-state index in [1.54, 1.807) is 0 Å². The zero-order valence-corrected chi connectivity index (χ0v) is 20.2. The summed E-state index contributed by atoms with van der Waals surface area (Å²) in [5.74, 6) is 0.284. The van der Waals surface area contributed by atoms with Crippen molar-refractivity contribution < 1.29 is 9.90 Å². The number of hydrogen-bond donors (Lipinski definition) is 1. The first-order valence-corrected chi connectivity index (χ1v) is 13.4. The Kier molecular flexibility index (Phi) is 23.3. The third-order valence-electron chi connectivity index (χ3n) is 6.53. The molecule has 0 radical (unpaired) electrons. The minimum Gasteiger partial charge on any atom is -0.481 e. The summed E-state index contributed by atoms with van der Waals surface area (Å²) in [6, 6.07) is 0. The van der Waals surface area contributed by atoms with Gasteiger partial charge in [-0.15, -0.1) is 0 Å². The maximum Gasteiger partial charge on any atom is 0.303 e. The van der Waals surface area contributed by atoms with E-state index in [0.717, 1.165) is 18.8 Å². The van der Waals surface area contributed by atoms with Crippen molar-refractivity contribution >= 4 is 5.97 Å². The molecule has 0 aromatic heterocycles. The molecule has 0 aromatic carbocycles. The van der Waals surface area contributed by atoms with Crippen molar-refractivity contribution in [3.05, 3.63) is 0 Å². The highest BCUT2D eigenvalue weighted by Gasteiger charge is 1.99. The fourth-order valence-electron chi connectivity index (χ4n) is 4.16. The van der Waals surface area contributed by atoms with Crippen LogP contribution in [0.15, 0.2) is 0 Å². The van der Waals surface area contributed by atoms with Crippen molar-refractivity contribution in [2.45, 2.75) is 162 Å². The van der Waals surface area contributed by atoms with Crippen LogP contribution in [0.25, 0.3) is 0 Å². The molecule has 0 aliphatic rings. The van der Waals surface area contributed by atoms with Crippen molar-refractivity contribution in [2.75, 3.05) is 0 Å². The van der Waals surface area contributed by atoms with Crippen molar-refractivity contribution in [3.8, 4) is 0 Å². The van der Waals surface area contributed by atoms with Crippen LogP contribution in [0.1, 0.15) is 162 Å². The van der Waals surface area contributed by atoms with Gasteiger partial charge >= 0.3 is 5.97 Å². The first-order valence-electron chi connectivity index (χ1n) is 13.4. The van der Waals surface area contributed by atoms with Crippen LogP contribution in [-0.2, 0) is 4.79 Å². The Morgan fingerprint density at radius 2 is 0.828 bits per heavy atom. The largest absolute Gasteiger partial charge is 0.481 e. The second kappa shape index (κ2) is 23.7. The summed E-state index contributed by atoms with van der Waals surface area (Å²) in [5.41, 5.74) is 0. The summed E-state index contributed by atoms with van der Waals surface area (Å²) in [7, 11) is 0. The van der Waals surface area contributed by atoms with E-state index in [-0.39, 0.29) is 0 Å². The van der Waals surface area contributed by atoms with Crippen LogP contribution in [0.5, 0.6) is 0 Å². The molecule has 0 unspecified atom stereocenters. The summed E-state index contributed by atoms with van der Waals surface area (Å²) in [4.78, 5) is 10.4. The third kappa shape index (κ3) is 25.4. The van der Waals surface area contributed by atoms with E-state index in [9.17, 15) is 4.79 Å². The number of carboxylic acids is 1. The minimum atomic E-state index is -0.650. The molecule has 2 heteroatoms. The van der Waals surface area contributed by atoms with Crippen LogP contribution in [0.3, 0.4) is 0 Å². The summed E-state index contributed by atoms with van der Waals surface area (Å²) >= 11 is 0. The Morgan fingerprint density at radius 1 is 0.552 bits per heavy atom. The van der Waals surface area contributed by atoms with Crippen molar-refractivity contribution in [1.29, 1.82) is 0 Å². The molecular weight excluding hydrogens is 356 g/mol. The number of carbonyl (C=O) groups is 1. The molecule has 0 saturated carbocycles. The Morgan fingerprint density at radius 3 is 1.10 bits per heavy atom. The average Bonchev–Trinajstić information content (AvgIpc) is 2.71. The van der Waals surface area contributed by atoms with Crippen LogP contribution < -0.4 is 0 Å². The second-order valence-electron chi connectivity index (χ2n) is 9.52. The standard InChI is InChI=1S/C27H54O2/c1-3-26(2)24-22-20-18-16-14-12-10-8-6-4-5-7-9-11-13-15-17-19-21-23-25-27(28)29/h26H,3-25H2,1-2H3,(H,28,29)/t26-/m0/s1. The van der Waals surface area contributed by atoms with Gasteiger partial charge in [0.2, 0.25) is 0 Å². The van der Waals surface area contributed by atoms with Crippen molar-refractivity contribution in [2.24, 2.45) is 5.92 Å². The van der Waals surface area contributed by atoms with Gasteiger partial charge in [0.05, 0.1) is 0 Å². The quantitative estimate of drug-likeness (QED) is 0.161. The summed E-state index contributed by atoms with van der Waals surface area (Å²) in [6.07, 6.45) is 30.5. The van der Waals surface area contributed by atoms with E-state index in [1.165, 1.54) is 128 Å². The molecule has 0 aliphatic heterocycles. The lowest BCUT2D eigenvalue weighted by Gasteiger charge is -2.07. The average molecular weight is 411 g/mol. The first kappa shape index (κ1) is 28.5. The molecule has 0 spiro atoms. The molecule has 0 bridgehead atoms. The number of rotatable bonds is 24. The smallest absolute Gasteiger partial charge is 0.303 e. The third-order valence-corrected chi connectivity index (χ3v) is 6.53. The van der Waals surface area contributed by atoms with Crippen LogP contribution in [0, 0.1) is 5.92 Å². The maximum absolute atomic E-state index is 10.4. The SMILES string of the molecule is CC[C@H](C)CCCCCCCCCCCCCCCCCCCCCCC(=O)O. The highest BCUT2D eigenvalue weighted by Crippen LogP contribution is 2.16. The van der Waals surface area contributed by atoms with Crippen LogP contribution >= 0.6 is 0 Å². The van der Waals surface area contributed by atoms with Crippen molar-refractivity contribution in [1.82, 2.24) is 0 Å². The summed E-state index contributed by atoms with van der Waals surface area (Å²) in [5, 5.41) is 8.59. The number of carboxylic acid groups (broad SMARTS) is 1. The predicted octanol–water partition coefficient (Wildman–Crippen LogP) is 9.70. The van der Waals surface area contributed by atoms with E-state index in [0.29, 0.717) is 6.42 Å². The lowest BCUT2D eigenvalue weighted by molar-refractivity contribution is -0.137. The molecule has 0 aliphatic carbocycles. The highest BCUT2D eigenvalue weighted by atomic mass is 16.4. The van der Waals surface area contributed by atoms with Gasteiger partial charge in [0.1, 0.15) is 0 Å². The molecule has 1 N–H and O–H groups in total. The van der Waals surface area contributed by atoms with Gasteiger partial charge in [-0.05, 0) is 12.3 Å². The number of aliphatic carboxylic acids is 1. The minimum absolute atomic E-state index is 0.346. The van der Waals surface area contributed by atoms with Gasteiger partial charge in [0, 0.05) is 6.42 Å². The monoisotopic (exact) mass is 410 g/mol. The molecular formula is C27H54O2. The van der Waals surface area contributed by atoms with Gasteiger partial charge in [0.15, 0.2) is 0 Å². The van der Waals surface area contributed by atoms with Crippen LogP contribution in [0.2, 0.25) is 0 Å². The van der Waals surface area contributed by atoms with E-state index in [1.807, 2.05) is 0 Å². The molecule has 174 valence electrons. The van der Waals surface area contributed by atoms with Gasteiger partial charge < -0.3 is 5.11 Å². The lowest BCUT2D eigenvalue weighted by Crippen LogP contribution is -1.93. The van der Waals surface area contributed by atoms with E-state index in [2.05, 4.69) is 13.8 Å². The zero-order chi connectivity index (χ0) is 21.4. The lowest BCUT2D eigenvalue weighted by atomic mass is 9.99. The molecule has 0 aromatic rings. The fraction of sp³-hybridized carbons (Fsp3) is 0.963. The molecule has 0 rings (SSSR count). The number of hydrogen-bond acceptors (Lipinski definition) is 1. The van der Waals surface area contributed by atoms with E-state index < -0.39 is 5.97 Å². The molecule has 0 heterocycles. The first-order chi connectivity index (χ1) is 14.2.